The predicted molar refractivity (Wildman–Crippen MR) is 92.1 cm³/mol. The molecule has 140 valence electrons. The second-order valence-electron chi connectivity index (χ2n) is 7.17. The van der Waals surface area contributed by atoms with Crippen LogP contribution in [-0.2, 0) is 16.9 Å². The van der Waals surface area contributed by atoms with Crippen molar-refractivity contribution in [3.63, 3.8) is 0 Å². The zero-order chi connectivity index (χ0) is 19.0. The van der Waals surface area contributed by atoms with E-state index < -0.39 is 5.54 Å². The van der Waals surface area contributed by atoms with Gasteiger partial charge in [0.2, 0.25) is 5.91 Å². The molecule has 10 heteroatoms. The number of nitrogens with zero attached hydrogens (tertiary/aromatic N) is 7. The Labute approximate surface area is 154 Å². The van der Waals surface area contributed by atoms with Crippen molar-refractivity contribution >= 4 is 5.91 Å². The molecular weight excluding hydrogens is 351 g/mol. The van der Waals surface area contributed by atoms with Crippen molar-refractivity contribution in [2.75, 3.05) is 0 Å². The number of carbonyl (C=O) groups excluding carboxylic acids is 1. The van der Waals surface area contributed by atoms with Crippen LogP contribution in [0, 0.1) is 11.7 Å². The summed E-state index contributed by atoms with van der Waals surface area (Å²) in [5, 5.41) is 23.0. The highest BCUT2D eigenvalue weighted by Crippen LogP contribution is 2.30. The van der Waals surface area contributed by atoms with Crippen LogP contribution >= 0.6 is 0 Å². The van der Waals surface area contributed by atoms with E-state index in [0.717, 1.165) is 12.8 Å². The van der Waals surface area contributed by atoms with Gasteiger partial charge in [-0.15, -0.1) is 10.2 Å². The fraction of sp³-hybridized carbons (Fsp3) is 0.412. The average Bonchev–Trinajstić information content (AvgIpc) is 3.21. The summed E-state index contributed by atoms with van der Waals surface area (Å²) in [6.07, 6.45) is 3.65. The first kappa shape index (κ1) is 17.3. The zero-order valence-electron chi connectivity index (χ0n) is 15.0. The molecule has 3 aromatic rings. The molecule has 9 nitrogen and oxygen atoms in total. The summed E-state index contributed by atoms with van der Waals surface area (Å²) < 4.78 is 16.2. The molecule has 2 aromatic heterocycles. The normalized spacial score (nSPS) is 14.3. The standard InChI is InChI=1S/C17H19FN8O/c1-17(2,19-16(27)11-3-4-11)14-9-25(23-20-14)10-15-21-22-24-26(15)13-7-5-12(18)6-8-13/h5-9,11H,3-4,10H2,1-2H3,(H,19,27). The summed E-state index contributed by atoms with van der Waals surface area (Å²) >= 11 is 0. The molecule has 0 bridgehead atoms. The third-order valence-corrected chi connectivity index (χ3v) is 4.47. The number of hydrogen-bond acceptors (Lipinski definition) is 6. The lowest BCUT2D eigenvalue weighted by molar-refractivity contribution is -0.124. The Kier molecular flexibility index (Phi) is 4.17. The van der Waals surface area contributed by atoms with E-state index in [1.165, 1.54) is 16.8 Å². The first-order valence-corrected chi connectivity index (χ1v) is 8.68. The van der Waals surface area contributed by atoms with E-state index in [-0.39, 0.29) is 24.2 Å². The molecule has 2 heterocycles. The van der Waals surface area contributed by atoms with E-state index in [2.05, 4.69) is 31.2 Å². The first-order chi connectivity index (χ1) is 12.9. The van der Waals surface area contributed by atoms with Gasteiger partial charge in [-0.1, -0.05) is 5.21 Å². The first-order valence-electron chi connectivity index (χ1n) is 8.68. The molecular formula is C17H19FN8O. The van der Waals surface area contributed by atoms with Gasteiger partial charge in [-0.05, 0) is 61.4 Å². The molecule has 1 fully saturated rings. The topological polar surface area (TPSA) is 103 Å². The number of benzene rings is 1. The molecule has 1 N–H and O–H groups in total. The van der Waals surface area contributed by atoms with Gasteiger partial charge in [0, 0.05) is 5.92 Å². The second kappa shape index (κ2) is 6.53. The molecule has 0 aliphatic heterocycles. The van der Waals surface area contributed by atoms with Gasteiger partial charge in [0.25, 0.3) is 0 Å². The second-order valence-corrected chi connectivity index (χ2v) is 7.17. The maximum atomic E-state index is 13.1. The van der Waals surface area contributed by atoms with Gasteiger partial charge in [0.15, 0.2) is 5.82 Å². The Bertz CT molecular complexity index is 957. The Morgan fingerprint density at radius 1 is 1.22 bits per heavy atom. The van der Waals surface area contributed by atoms with Gasteiger partial charge < -0.3 is 5.32 Å². The molecule has 0 unspecified atom stereocenters. The number of nitrogens with one attached hydrogen (secondary N) is 1. The molecule has 0 spiro atoms. The largest absolute Gasteiger partial charge is 0.345 e. The number of halogens is 1. The Morgan fingerprint density at radius 2 is 1.96 bits per heavy atom. The zero-order valence-corrected chi connectivity index (χ0v) is 15.0. The molecule has 1 aliphatic carbocycles. The van der Waals surface area contributed by atoms with Gasteiger partial charge in [0.05, 0.1) is 17.4 Å². The third-order valence-electron chi connectivity index (χ3n) is 4.47. The Hall–Kier alpha value is -3.17. The van der Waals surface area contributed by atoms with Crippen LogP contribution in [0.5, 0.6) is 0 Å². The minimum absolute atomic E-state index is 0.0507. The van der Waals surface area contributed by atoms with Gasteiger partial charge in [-0.3, -0.25) is 4.79 Å². The maximum Gasteiger partial charge on any atom is 0.223 e. The SMILES string of the molecule is CC(C)(NC(=O)C1CC1)c1cn(Cc2nnnn2-c2ccc(F)cc2)nn1. The highest BCUT2D eigenvalue weighted by atomic mass is 19.1. The number of aromatic nitrogens is 7. The monoisotopic (exact) mass is 370 g/mol. The lowest BCUT2D eigenvalue weighted by atomic mass is 10.0. The van der Waals surface area contributed by atoms with Crippen LogP contribution in [0.2, 0.25) is 0 Å². The Morgan fingerprint density at radius 3 is 2.67 bits per heavy atom. The van der Waals surface area contributed by atoms with Gasteiger partial charge in [0.1, 0.15) is 18.1 Å². The fourth-order valence-corrected chi connectivity index (χ4v) is 2.71. The lowest BCUT2D eigenvalue weighted by Gasteiger charge is -2.23. The number of carbonyl (C=O) groups is 1. The summed E-state index contributed by atoms with van der Waals surface area (Å²) in [6, 6.07) is 5.88. The highest BCUT2D eigenvalue weighted by molar-refractivity contribution is 5.81. The quantitative estimate of drug-likeness (QED) is 0.699. The summed E-state index contributed by atoms with van der Waals surface area (Å²) in [7, 11) is 0. The minimum atomic E-state index is -0.624. The molecule has 1 amide bonds. The molecule has 0 radical (unpaired) electrons. The molecule has 27 heavy (non-hydrogen) atoms. The van der Waals surface area contributed by atoms with E-state index in [1.54, 1.807) is 23.0 Å². The van der Waals surface area contributed by atoms with Crippen molar-refractivity contribution in [2.24, 2.45) is 5.92 Å². The summed E-state index contributed by atoms with van der Waals surface area (Å²) in [4.78, 5) is 12.1. The number of hydrogen-bond donors (Lipinski definition) is 1. The maximum absolute atomic E-state index is 13.1. The Balaban J connectivity index is 1.51. The van der Waals surface area contributed by atoms with Gasteiger partial charge in [-0.2, -0.15) is 4.68 Å². The van der Waals surface area contributed by atoms with Gasteiger partial charge >= 0.3 is 0 Å². The van der Waals surface area contributed by atoms with Crippen LogP contribution in [0.25, 0.3) is 5.69 Å². The molecule has 1 aromatic carbocycles. The van der Waals surface area contributed by atoms with Gasteiger partial charge in [-0.25, -0.2) is 9.07 Å². The fourth-order valence-electron chi connectivity index (χ4n) is 2.71. The van der Waals surface area contributed by atoms with Crippen molar-refractivity contribution in [1.29, 1.82) is 0 Å². The summed E-state index contributed by atoms with van der Waals surface area (Å²) in [5.41, 5.74) is 0.673. The number of amides is 1. The van der Waals surface area contributed by atoms with Crippen LogP contribution in [0.1, 0.15) is 38.2 Å². The van der Waals surface area contributed by atoms with E-state index in [4.69, 9.17) is 0 Å². The van der Waals surface area contributed by atoms with E-state index in [9.17, 15) is 9.18 Å². The highest BCUT2D eigenvalue weighted by Gasteiger charge is 2.35. The molecule has 1 aliphatic rings. The van der Waals surface area contributed by atoms with Crippen molar-refractivity contribution in [3.8, 4) is 5.69 Å². The van der Waals surface area contributed by atoms with E-state index in [0.29, 0.717) is 17.2 Å². The smallest absolute Gasteiger partial charge is 0.223 e. The molecule has 1 saturated carbocycles. The van der Waals surface area contributed by atoms with Crippen molar-refractivity contribution in [2.45, 2.75) is 38.8 Å². The number of rotatable bonds is 6. The molecule has 4 rings (SSSR count). The van der Waals surface area contributed by atoms with Crippen LogP contribution < -0.4 is 5.32 Å². The predicted octanol–water partition coefficient (Wildman–Crippen LogP) is 1.20. The van der Waals surface area contributed by atoms with Crippen LogP contribution in [0.15, 0.2) is 30.5 Å². The third kappa shape index (κ3) is 3.69. The van der Waals surface area contributed by atoms with Crippen LogP contribution in [0.3, 0.4) is 0 Å². The number of tetrazole rings is 1. The van der Waals surface area contributed by atoms with Crippen LogP contribution in [0.4, 0.5) is 4.39 Å². The van der Waals surface area contributed by atoms with Crippen molar-refractivity contribution in [3.05, 3.63) is 47.8 Å². The average molecular weight is 370 g/mol. The van der Waals surface area contributed by atoms with E-state index in [1.807, 2.05) is 13.8 Å². The molecule has 0 saturated heterocycles. The molecule has 0 atom stereocenters. The summed E-state index contributed by atoms with van der Waals surface area (Å²) in [6.45, 7) is 4.07. The van der Waals surface area contributed by atoms with Crippen molar-refractivity contribution < 1.29 is 9.18 Å². The lowest BCUT2D eigenvalue weighted by Crippen LogP contribution is -2.42. The van der Waals surface area contributed by atoms with Crippen LogP contribution in [-0.4, -0.2) is 41.1 Å². The summed E-state index contributed by atoms with van der Waals surface area (Å²) in [5.74, 6) is 0.372. The minimum Gasteiger partial charge on any atom is -0.345 e. The van der Waals surface area contributed by atoms with E-state index >= 15 is 0 Å². The van der Waals surface area contributed by atoms with Crippen molar-refractivity contribution in [1.82, 2.24) is 40.5 Å².